The van der Waals surface area contributed by atoms with Crippen LogP contribution in [0.2, 0.25) is 0 Å². The first-order valence-corrected chi connectivity index (χ1v) is 10.6. The molecule has 0 bridgehead atoms. The molecule has 0 aromatic heterocycles. The van der Waals surface area contributed by atoms with Crippen molar-refractivity contribution in [2.75, 3.05) is 6.61 Å². The molecule has 1 amide bonds. The van der Waals surface area contributed by atoms with Gasteiger partial charge in [-0.2, -0.15) is 5.10 Å². The molecule has 3 rings (SSSR count). The second-order valence-corrected chi connectivity index (χ2v) is 8.70. The number of benzene rings is 2. The molecule has 0 spiro atoms. The topological polar surface area (TPSA) is 50.7 Å². The second-order valence-electron chi connectivity index (χ2n) is 7.00. The molecule has 0 unspecified atom stereocenters. The van der Waals surface area contributed by atoms with Crippen molar-refractivity contribution < 1.29 is 9.53 Å². The third kappa shape index (κ3) is 4.92. The Morgan fingerprint density at radius 2 is 2.11 bits per heavy atom. The number of fused-ring (bicyclic) bond motifs is 1. The smallest absolute Gasteiger partial charge is 0.277 e. The van der Waals surface area contributed by atoms with Gasteiger partial charge in [-0.3, -0.25) is 4.79 Å². The highest BCUT2D eigenvalue weighted by molar-refractivity contribution is 9.11. The summed E-state index contributed by atoms with van der Waals surface area (Å²) < 4.78 is 7.53. The number of halogens is 2. The number of nitrogens with one attached hydrogen (secondary N) is 1. The summed E-state index contributed by atoms with van der Waals surface area (Å²) in [6.45, 7) is 7.97. The number of ether oxygens (including phenoxy) is 1. The van der Waals surface area contributed by atoms with Gasteiger partial charge < -0.3 is 4.74 Å². The third-order valence-corrected chi connectivity index (χ3v) is 6.17. The van der Waals surface area contributed by atoms with Crippen molar-refractivity contribution in [1.29, 1.82) is 0 Å². The quantitative estimate of drug-likeness (QED) is 0.391. The molecule has 1 aliphatic rings. The zero-order chi connectivity index (χ0) is 20.3. The van der Waals surface area contributed by atoms with Crippen LogP contribution in [0.3, 0.4) is 0 Å². The van der Waals surface area contributed by atoms with Crippen molar-refractivity contribution in [1.82, 2.24) is 5.43 Å². The molecule has 2 aromatic carbocycles. The molecule has 28 heavy (non-hydrogen) atoms. The number of hydrogen-bond donors (Lipinski definition) is 1. The summed E-state index contributed by atoms with van der Waals surface area (Å²) in [6.07, 6.45) is 3.92. The van der Waals surface area contributed by atoms with Gasteiger partial charge in [0, 0.05) is 4.47 Å². The normalized spacial score (nSPS) is 18.1. The molecule has 1 aliphatic carbocycles. The first-order valence-electron chi connectivity index (χ1n) is 9.03. The van der Waals surface area contributed by atoms with Crippen LogP contribution in [0.1, 0.15) is 26.7 Å². The van der Waals surface area contributed by atoms with E-state index in [0.717, 1.165) is 49.4 Å². The van der Waals surface area contributed by atoms with E-state index >= 15 is 0 Å². The second kappa shape index (κ2) is 9.05. The molecular formula is C22H22Br2N2O2. The summed E-state index contributed by atoms with van der Waals surface area (Å²) in [5.41, 5.74) is 5.74. The van der Waals surface area contributed by atoms with Crippen molar-refractivity contribution >= 4 is 54.3 Å². The van der Waals surface area contributed by atoms with Crippen LogP contribution in [-0.2, 0) is 4.79 Å². The van der Waals surface area contributed by atoms with Gasteiger partial charge >= 0.3 is 0 Å². The fourth-order valence-electron chi connectivity index (χ4n) is 3.08. The Morgan fingerprint density at radius 3 is 2.86 bits per heavy atom. The van der Waals surface area contributed by atoms with E-state index < -0.39 is 0 Å². The van der Waals surface area contributed by atoms with Crippen LogP contribution < -0.4 is 10.2 Å². The van der Waals surface area contributed by atoms with E-state index in [4.69, 9.17) is 4.74 Å². The SMILES string of the molecule is C=C(C)[C@@H]1CC=C(C)/C(=N/NC(=O)COc2ccc3cc(Br)ccc3c2Br)C1. The van der Waals surface area contributed by atoms with Crippen molar-refractivity contribution in [3.63, 3.8) is 0 Å². The summed E-state index contributed by atoms with van der Waals surface area (Å²) in [7, 11) is 0. The Hall–Kier alpha value is -1.92. The molecule has 0 saturated carbocycles. The number of carbonyl (C=O) groups excluding carboxylic acids is 1. The van der Waals surface area contributed by atoms with Crippen molar-refractivity contribution in [2.45, 2.75) is 26.7 Å². The molecule has 0 aliphatic heterocycles. The summed E-state index contributed by atoms with van der Waals surface area (Å²) >= 11 is 7.04. The summed E-state index contributed by atoms with van der Waals surface area (Å²) in [5, 5.41) is 6.40. The molecule has 0 heterocycles. The lowest BCUT2D eigenvalue weighted by Crippen LogP contribution is -2.27. The van der Waals surface area contributed by atoms with Gasteiger partial charge in [0.05, 0.1) is 10.2 Å². The Labute approximate surface area is 182 Å². The lowest BCUT2D eigenvalue weighted by Gasteiger charge is -2.22. The fraction of sp³-hybridized carbons (Fsp3) is 0.273. The Morgan fingerprint density at radius 1 is 1.32 bits per heavy atom. The van der Waals surface area contributed by atoms with Crippen LogP contribution in [0.4, 0.5) is 0 Å². The van der Waals surface area contributed by atoms with Gasteiger partial charge in [-0.1, -0.05) is 46.3 Å². The fourth-order valence-corrected chi connectivity index (χ4v) is 4.07. The average Bonchev–Trinajstić information content (AvgIpc) is 2.66. The molecule has 146 valence electrons. The highest BCUT2D eigenvalue weighted by Gasteiger charge is 2.19. The van der Waals surface area contributed by atoms with Gasteiger partial charge in [0.15, 0.2) is 6.61 Å². The number of hydrogen-bond acceptors (Lipinski definition) is 3. The first kappa shape index (κ1) is 20.8. The van der Waals surface area contributed by atoms with E-state index in [0.29, 0.717) is 11.7 Å². The number of rotatable bonds is 5. The molecule has 1 atom stereocenters. The summed E-state index contributed by atoms with van der Waals surface area (Å²) in [4.78, 5) is 12.2. The Bertz CT molecular complexity index is 995. The third-order valence-electron chi connectivity index (χ3n) is 4.86. The minimum atomic E-state index is -0.291. The molecule has 0 radical (unpaired) electrons. The molecule has 1 N–H and O–H groups in total. The minimum absolute atomic E-state index is 0.107. The zero-order valence-corrected chi connectivity index (χ0v) is 19.1. The molecule has 2 aromatic rings. The van der Waals surface area contributed by atoms with Crippen LogP contribution in [0.5, 0.6) is 5.75 Å². The molecule has 0 fully saturated rings. The van der Waals surface area contributed by atoms with E-state index in [1.807, 2.05) is 44.2 Å². The number of amides is 1. The van der Waals surface area contributed by atoms with Crippen molar-refractivity contribution in [3.8, 4) is 5.75 Å². The average molecular weight is 506 g/mol. The van der Waals surface area contributed by atoms with Gasteiger partial charge in [-0.25, -0.2) is 5.43 Å². The van der Waals surface area contributed by atoms with Gasteiger partial charge in [0.1, 0.15) is 5.75 Å². The van der Waals surface area contributed by atoms with Crippen molar-refractivity contribution in [3.05, 3.63) is 63.1 Å². The lowest BCUT2D eigenvalue weighted by molar-refractivity contribution is -0.123. The molecular weight excluding hydrogens is 484 g/mol. The van der Waals surface area contributed by atoms with Crippen LogP contribution in [0.25, 0.3) is 10.8 Å². The van der Waals surface area contributed by atoms with Gasteiger partial charge in [0.25, 0.3) is 5.91 Å². The standard InChI is InChI=1S/C22H22Br2N2O2/c1-13(2)15-5-4-14(3)19(11-15)25-26-21(27)12-28-20-9-6-16-10-17(23)7-8-18(16)22(20)24/h4,6-10,15H,1,5,11-12H2,2-3H3,(H,26,27)/b25-19+/t15-/m1/s1. The van der Waals surface area contributed by atoms with Crippen molar-refractivity contribution in [2.24, 2.45) is 11.0 Å². The van der Waals surface area contributed by atoms with E-state index in [9.17, 15) is 4.79 Å². The number of carbonyl (C=O) groups is 1. The van der Waals surface area contributed by atoms with E-state index in [-0.39, 0.29) is 12.5 Å². The van der Waals surface area contributed by atoms with Gasteiger partial charge in [-0.05, 0) is 83.1 Å². The van der Waals surface area contributed by atoms with E-state index in [2.05, 4.69) is 55.0 Å². The van der Waals surface area contributed by atoms with Crippen LogP contribution in [0.15, 0.2) is 68.2 Å². The number of nitrogens with zero attached hydrogens (tertiary/aromatic N) is 1. The highest BCUT2D eigenvalue weighted by Crippen LogP contribution is 2.34. The maximum atomic E-state index is 12.2. The van der Waals surface area contributed by atoms with E-state index in [1.165, 1.54) is 0 Å². The zero-order valence-electron chi connectivity index (χ0n) is 15.9. The Kier molecular flexibility index (Phi) is 6.73. The highest BCUT2D eigenvalue weighted by atomic mass is 79.9. The van der Waals surface area contributed by atoms with Gasteiger partial charge in [0.2, 0.25) is 0 Å². The predicted octanol–water partition coefficient (Wildman–Crippen LogP) is 6.15. The van der Waals surface area contributed by atoms with Crippen LogP contribution >= 0.6 is 31.9 Å². The van der Waals surface area contributed by atoms with Crippen LogP contribution in [-0.4, -0.2) is 18.2 Å². The monoisotopic (exact) mass is 504 g/mol. The van der Waals surface area contributed by atoms with E-state index in [1.54, 1.807) is 0 Å². The van der Waals surface area contributed by atoms with Crippen LogP contribution in [0, 0.1) is 5.92 Å². The Balaban J connectivity index is 1.63. The number of allylic oxidation sites excluding steroid dienone is 3. The maximum Gasteiger partial charge on any atom is 0.277 e. The number of hydrazone groups is 1. The molecule has 4 nitrogen and oxygen atoms in total. The maximum absolute atomic E-state index is 12.2. The lowest BCUT2D eigenvalue weighted by atomic mass is 9.85. The predicted molar refractivity (Wildman–Crippen MR) is 122 cm³/mol. The first-order chi connectivity index (χ1) is 13.3. The largest absolute Gasteiger partial charge is 0.483 e. The summed E-state index contributed by atoms with van der Waals surface area (Å²) in [6, 6.07) is 9.82. The minimum Gasteiger partial charge on any atom is -0.483 e. The molecule has 0 saturated heterocycles. The van der Waals surface area contributed by atoms with Gasteiger partial charge in [-0.15, -0.1) is 0 Å². The summed E-state index contributed by atoms with van der Waals surface area (Å²) in [5.74, 6) is 0.707. The molecule has 6 heteroatoms.